The van der Waals surface area contributed by atoms with Crippen molar-refractivity contribution >= 4 is 11.9 Å². The maximum atomic E-state index is 13.8. The van der Waals surface area contributed by atoms with E-state index in [-0.39, 0.29) is 24.1 Å². The largest absolute Gasteiger partial charge is 0.493 e. The summed E-state index contributed by atoms with van der Waals surface area (Å²) in [5.74, 6) is -3.49. The summed E-state index contributed by atoms with van der Waals surface area (Å²) in [7, 11) is 0. The molecule has 0 aliphatic carbocycles. The molecule has 206 valence electrons. The number of hydrogen-bond donors (Lipinski definition) is 3. The van der Waals surface area contributed by atoms with E-state index in [4.69, 9.17) is 9.84 Å². The van der Waals surface area contributed by atoms with Gasteiger partial charge in [0, 0.05) is 35.5 Å². The van der Waals surface area contributed by atoms with Gasteiger partial charge in [0.25, 0.3) is 11.8 Å². The maximum absolute atomic E-state index is 13.8. The summed E-state index contributed by atoms with van der Waals surface area (Å²) in [4.78, 5) is 29.6. The molecule has 0 unspecified atom stereocenters. The summed E-state index contributed by atoms with van der Waals surface area (Å²) in [6.45, 7) is 0.227. The number of rotatable bonds is 13. The van der Waals surface area contributed by atoms with Crippen LogP contribution in [0.1, 0.15) is 47.2 Å². The summed E-state index contributed by atoms with van der Waals surface area (Å²) in [6.07, 6.45) is 5.44. The van der Waals surface area contributed by atoms with Gasteiger partial charge in [-0.15, -0.1) is 0 Å². The van der Waals surface area contributed by atoms with Crippen LogP contribution in [0.3, 0.4) is 0 Å². The van der Waals surface area contributed by atoms with Crippen molar-refractivity contribution in [2.75, 3.05) is 6.61 Å². The standard InChI is InChI=1S/C32H32N2O6/c35-30(36)13-5-2-8-22-40-29-12-7-6-9-27(29)23-34(32(38,39)28-10-3-1-4-11-28)31(37)26-16-14-24(15-17-26)25-18-20-33-21-19-25/h1,3-4,6-7,9-12,14-21,38-39H,2,5,8,13,22-23H2,(H,35,36). The van der Waals surface area contributed by atoms with Crippen LogP contribution in [0.4, 0.5) is 0 Å². The van der Waals surface area contributed by atoms with Crippen molar-refractivity contribution < 1.29 is 29.6 Å². The number of carboxylic acid groups (broad SMARTS) is 1. The van der Waals surface area contributed by atoms with Crippen molar-refractivity contribution in [3.05, 3.63) is 120 Å². The Morgan fingerprint density at radius 2 is 1.43 bits per heavy atom. The van der Waals surface area contributed by atoms with E-state index in [1.807, 2.05) is 12.1 Å². The molecule has 4 aromatic rings. The smallest absolute Gasteiger partial charge is 0.303 e. The molecule has 0 aliphatic rings. The number of aromatic nitrogens is 1. The van der Waals surface area contributed by atoms with Gasteiger partial charge in [-0.05, 0) is 60.7 Å². The predicted molar refractivity (Wildman–Crippen MR) is 150 cm³/mol. The summed E-state index contributed by atoms with van der Waals surface area (Å²) in [6, 6.07) is 26.0. The number of carbonyl (C=O) groups excluding carboxylic acids is 1. The zero-order valence-electron chi connectivity index (χ0n) is 22.0. The SMILES string of the molecule is O=C(O)CCCCCOc1ccccc1CN(C(=O)c1ccc(-c2ccncc2)cc1)C(O)(O)c1ccccc1. The number of nitrogens with zero attached hydrogens (tertiary/aromatic N) is 2. The van der Waals surface area contributed by atoms with Crippen molar-refractivity contribution in [1.29, 1.82) is 0 Å². The minimum atomic E-state index is -2.61. The number of hydrogen-bond acceptors (Lipinski definition) is 6. The predicted octanol–water partition coefficient (Wildman–Crippen LogP) is 5.21. The van der Waals surface area contributed by atoms with Gasteiger partial charge in [0.15, 0.2) is 0 Å². The first-order valence-corrected chi connectivity index (χ1v) is 13.1. The van der Waals surface area contributed by atoms with Crippen molar-refractivity contribution in [3.63, 3.8) is 0 Å². The molecule has 0 spiro atoms. The molecule has 0 saturated carbocycles. The molecule has 1 heterocycles. The molecular formula is C32H32N2O6. The Labute approximate surface area is 233 Å². The fourth-order valence-electron chi connectivity index (χ4n) is 4.33. The number of ether oxygens (including phenoxy) is 1. The summed E-state index contributed by atoms with van der Waals surface area (Å²) < 4.78 is 5.96. The third-order valence-electron chi connectivity index (χ3n) is 6.52. The van der Waals surface area contributed by atoms with Gasteiger partial charge in [-0.25, -0.2) is 0 Å². The molecule has 40 heavy (non-hydrogen) atoms. The normalized spacial score (nSPS) is 11.2. The molecule has 0 atom stereocenters. The summed E-state index contributed by atoms with van der Waals surface area (Å²) >= 11 is 0. The Hall–Kier alpha value is -4.53. The number of aliphatic carboxylic acids is 1. The number of aliphatic hydroxyl groups is 2. The second-order valence-electron chi connectivity index (χ2n) is 9.37. The molecule has 3 N–H and O–H groups in total. The Morgan fingerprint density at radius 1 is 0.775 bits per heavy atom. The van der Waals surface area contributed by atoms with E-state index < -0.39 is 17.8 Å². The van der Waals surface area contributed by atoms with Crippen LogP contribution in [-0.2, 0) is 17.3 Å². The number of carbonyl (C=O) groups is 2. The van der Waals surface area contributed by atoms with Crippen molar-refractivity contribution in [1.82, 2.24) is 9.88 Å². The Kier molecular flexibility index (Phi) is 9.62. The van der Waals surface area contributed by atoms with Gasteiger partial charge in [0.1, 0.15) is 5.75 Å². The minimum Gasteiger partial charge on any atom is -0.493 e. The fraction of sp³-hybridized carbons (Fsp3) is 0.219. The number of benzene rings is 3. The number of carboxylic acids is 1. The lowest BCUT2D eigenvalue weighted by atomic mass is 10.0. The topological polar surface area (TPSA) is 120 Å². The highest BCUT2D eigenvalue weighted by Crippen LogP contribution is 2.30. The van der Waals surface area contributed by atoms with Crippen molar-refractivity contribution in [2.24, 2.45) is 0 Å². The molecular weight excluding hydrogens is 508 g/mol. The highest BCUT2D eigenvalue weighted by Gasteiger charge is 2.38. The molecule has 0 fully saturated rings. The lowest BCUT2D eigenvalue weighted by molar-refractivity contribution is -0.259. The van der Waals surface area contributed by atoms with Gasteiger partial charge in [-0.1, -0.05) is 60.7 Å². The average molecular weight is 541 g/mol. The average Bonchev–Trinajstić information content (AvgIpc) is 2.98. The van der Waals surface area contributed by atoms with Crippen LogP contribution >= 0.6 is 0 Å². The van der Waals surface area contributed by atoms with Gasteiger partial charge >= 0.3 is 5.97 Å². The van der Waals surface area contributed by atoms with Crippen molar-refractivity contribution in [3.8, 4) is 16.9 Å². The van der Waals surface area contributed by atoms with Crippen LogP contribution in [0.2, 0.25) is 0 Å². The number of unbranched alkanes of at least 4 members (excludes halogenated alkanes) is 2. The molecule has 4 rings (SSSR count). The van der Waals surface area contributed by atoms with Crippen LogP contribution < -0.4 is 4.74 Å². The van der Waals surface area contributed by atoms with Crippen LogP contribution in [0.25, 0.3) is 11.1 Å². The van der Waals surface area contributed by atoms with E-state index in [2.05, 4.69) is 4.98 Å². The molecule has 1 amide bonds. The molecule has 0 aliphatic heterocycles. The molecule has 8 heteroatoms. The van der Waals surface area contributed by atoms with Crippen LogP contribution in [-0.4, -0.2) is 43.7 Å². The van der Waals surface area contributed by atoms with E-state index in [9.17, 15) is 19.8 Å². The highest BCUT2D eigenvalue weighted by molar-refractivity contribution is 5.95. The lowest BCUT2D eigenvalue weighted by Gasteiger charge is -2.36. The molecule has 0 radical (unpaired) electrons. The molecule has 0 bridgehead atoms. The molecule has 8 nitrogen and oxygen atoms in total. The number of amides is 1. The quantitative estimate of drug-likeness (QED) is 0.157. The molecule has 0 saturated heterocycles. The Bertz CT molecular complexity index is 1390. The lowest BCUT2D eigenvalue weighted by Crippen LogP contribution is -2.49. The summed E-state index contributed by atoms with van der Waals surface area (Å²) in [5, 5.41) is 31.5. The first-order chi connectivity index (χ1) is 19.4. The third kappa shape index (κ3) is 7.31. The van der Waals surface area contributed by atoms with Crippen LogP contribution in [0.15, 0.2) is 103 Å². The van der Waals surface area contributed by atoms with Crippen molar-refractivity contribution in [2.45, 2.75) is 38.1 Å². The first-order valence-electron chi connectivity index (χ1n) is 13.1. The minimum absolute atomic E-state index is 0.117. The van der Waals surface area contributed by atoms with Gasteiger partial charge in [0.05, 0.1) is 13.2 Å². The van der Waals surface area contributed by atoms with E-state index in [1.54, 1.807) is 91.3 Å². The summed E-state index contributed by atoms with van der Waals surface area (Å²) in [5.41, 5.74) is 2.88. The Morgan fingerprint density at radius 3 is 2.12 bits per heavy atom. The van der Waals surface area contributed by atoms with E-state index >= 15 is 0 Å². The molecule has 1 aromatic heterocycles. The van der Waals surface area contributed by atoms with E-state index in [0.717, 1.165) is 16.0 Å². The monoisotopic (exact) mass is 540 g/mol. The van der Waals surface area contributed by atoms with Crippen LogP contribution in [0.5, 0.6) is 5.75 Å². The second-order valence-corrected chi connectivity index (χ2v) is 9.37. The van der Waals surface area contributed by atoms with Crippen LogP contribution in [0, 0.1) is 0 Å². The zero-order chi connectivity index (χ0) is 28.4. The first kappa shape index (κ1) is 28.5. The number of para-hydroxylation sites is 1. The van der Waals surface area contributed by atoms with Gasteiger partial charge in [-0.3, -0.25) is 19.5 Å². The van der Waals surface area contributed by atoms with E-state index in [1.165, 1.54) is 0 Å². The Balaban J connectivity index is 1.58. The fourth-order valence-corrected chi connectivity index (χ4v) is 4.33. The number of pyridine rings is 1. The highest BCUT2D eigenvalue weighted by atomic mass is 16.5. The van der Waals surface area contributed by atoms with Gasteiger partial charge < -0.3 is 20.1 Å². The third-order valence-corrected chi connectivity index (χ3v) is 6.52. The van der Waals surface area contributed by atoms with Gasteiger partial charge in [0.2, 0.25) is 0 Å². The maximum Gasteiger partial charge on any atom is 0.303 e. The molecule has 3 aromatic carbocycles. The second kappa shape index (κ2) is 13.5. The zero-order valence-corrected chi connectivity index (χ0v) is 22.0. The van der Waals surface area contributed by atoms with Gasteiger partial charge in [-0.2, -0.15) is 0 Å². The van der Waals surface area contributed by atoms with E-state index in [0.29, 0.717) is 37.2 Å².